The van der Waals surface area contributed by atoms with Crippen molar-refractivity contribution in [1.29, 1.82) is 0 Å². The molecule has 2 aromatic rings. The van der Waals surface area contributed by atoms with Crippen LogP contribution in [-0.4, -0.2) is 4.98 Å². The number of hydrogen-bond donors (Lipinski definition) is 0. The van der Waals surface area contributed by atoms with Crippen LogP contribution in [0, 0.1) is 5.82 Å². The van der Waals surface area contributed by atoms with Crippen LogP contribution in [0.1, 0.15) is 5.69 Å². The van der Waals surface area contributed by atoms with Gasteiger partial charge in [0, 0.05) is 16.8 Å². The largest absolute Gasteiger partial charge is 0.252 e. The Morgan fingerprint density at radius 1 is 1.29 bits per heavy atom. The minimum atomic E-state index is -0.281. The molecule has 2 rings (SSSR count). The van der Waals surface area contributed by atoms with Gasteiger partial charge in [-0.2, -0.15) is 0 Å². The standard InChI is InChI=1S/C10H6Br2FN/c11-5-7-2-1-6-3-8(12)9(13)4-10(6)14-7/h1-4H,5H2. The van der Waals surface area contributed by atoms with Gasteiger partial charge in [0.05, 0.1) is 15.7 Å². The van der Waals surface area contributed by atoms with Gasteiger partial charge < -0.3 is 0 Å². The molecule has 0 spiro atoms. The number of alkyl halides is 1. The van der Waals surface area contributed by atoms with E-state index in [1.165, 1.54) is 6.07 Å². The lowest BCUT2D eigenvalue weighted by Crippen LogP contribution is -1.87. The van der Waals surface area contributed by atoms with Gasteiger partial charge in [0.15, 0.2) is 0 Å². The summed E-state index contributed by atoms with van der Waals surface area (Å²) in [5.74, 6) is -0.281. The Bertz CT molecular complexity index is 485. The van der Waals surface area contributed by atoms with Crippen LogP contribution in [0.5, 0.6) is 0 Å². The summed E-state index contributed by atoms with van der Waals surface area (Å²) in [6.45, 7) is 0. The van der Waals surface area contributed by atoms with Crippen molar-refractivity contribution in [3.8, 4) is 0 Å². The molecular weight excluding hydrogens is 313 g/mol. The van der Waals surface area contributed by atoms with Gasteiger partial charge in [-0.3, -0.25) is 4.98 Å². The first kappa shape index (κ1) is 10.1. The molecule has 1 aromatic carbocycles. The first-order valence-electron chi connectivity index (χ1n) is 4.01. The van der Waals surface area contributed by atoms with Crippen molar-refractivity contribution in [1.82, 2.24) is 4.98 Å². The third-order valence-electron chi connectivity index (χ3n) is 1.93. The lowest BCUT2D eigenvalue weighted by atomic mass is 10.2. The van der Waals surface area contributed by atoms with Crippen LogP contribution in [-0.2, 0) is 5.33 Å². The number of pyridine rings is 1. The zero-order chi connectivity index (χ0) is 10.1. The first-order valence-corrected chi connectivity index (χ1v) is 5.93. The van der Waals surface area contributed by atoms with Gasteiger partial charge >= 0.3 is 0 Å². The van der Waals surface area contributed by atoms with E-state index in [0.29, 0.717) is 15.3 Å². The molecule has 0 N–H and O–H groups in total. The molecular formula is C10H6Br2FN. The maximum Gasteiger partial charge on any atom is 0.139 e. The highest BCUT2D eigenvalue weighted by Gasteiger charge is 2.03. The second-order valence-corrected chi connectivity index (χ2v) is 4.31. The molecule has 1 aromatic heterocycles. The van der Waals surface area contributed by atoms with E-state index in [4.69, 9.17) is 0 Å². The molecule has 0 radical (unpaired) electrons. The highest BCUT2D eigenvalue weighted by Crippen LogP contribution is 2.22. The monoisotopic (exact) mass is 317 g/mol. The van der Waals surface area contributed by atoms with Crippen LogP contribution >= 0.6 is 31.9 Å². The number of hydrogen-bond acceptors (Lipinski definition) is 1. The van der Waals surface area contributed by atoms with Crippen LogP contribution in [0.4, 0.5) is 4.39 Å². The van der Waals surface area contributed by atoms with Crippen molar-refractivity contribution in [3.63, 3.8) is 0 Å². The average molecular weight is 319 g/mol. The van der Waals surface area contributed by atoms with Crippen molar-refractivity contribution >= 4 is 42.8 Å². The molecule has 0 saturated carbocycles. The third kappa shape index (κ3) is 1.81. The number of rotatable bonds is 1. The Morgan fingerprint density at radius 3 is 2.79 bits per heavy atom. The van der Waals surface area contributed by atoms with Crippen LogP contribution in [0.2, 0.25) is 0 Å². The summed E-state index contributed by atoms with van der Waals surface area (Å²) in [6, 6.07) is 7.02. The van der Waals surface area contributed by atoms with Crippen molar-refractivity contribution < 1.29 is 4.39 Å². The summed E-state index contributed by atoms with van der Waals surface area (Å²) in [5, 5.41) is 1.61. The highest BCUT2D eigenvalue weighted by molar-refractivity contribution is 9.10. The minimum absolute atomic E-state index is 0.281. The fourth-order valence-electron chi connectivity index (χ4n) is 1.23. The molecule has 14 heavy (non-hydrogen) atoms. The first-order chi connectivity index (χ1) is 6.70. The smallest absolute Gasteiger partial charge is 0.139 e. The Morgan fingerprint density at radius 2 is 2.07 bits per heavy atom. The van der Waals surface area contributed by atoms with Crippen LogP contribution in [0.25, 0.3) is 10.9 Å². The molecule has 72 valence electrons. The number of aromatic nitrogens is 1. The molecule has 0 bridgehead atoms. The van der Waals surface area contributed by atoms with Crippen LogP contribution in [0.3, 0.4) is 0 Å². The van der Waals surface area contributed by atoms with Crippen molar-refractivity contribution in [2.24, 2.45) is 0 Å². The van der Waals surface area contributed by atoms with E-state index in [-0.39, 0.29) is 5.82 Å². The minimum Gasteiger partial charge on any atom is -0.252 e. The number of nitrogens with zero attached hydrogens (tertiary/aromatic N) is 1. The summed E-state index contributed by atoms with van der Waals surface area (Å²) in [6.07, 6.45) is 0. The van der Waals surface area contributed by atoms with Gasteiger partial charge in [0.25, 0.3) is 0 Å². The quantitative estimate of drug-likeness (QED) is 0.723. The van der Waals surface area contributed by atoms with Gasteiger partial charge in [-0.05, 0) is 28.1 Å². The number of halogens is 3. The Balaban J connectivity index is 2.70. The molecule has 0 amide bonds. The highest BCUT2D eigenvalue weighted by atomic mass is 79.9. The van der Waals surface area contributed by atoms with E-state index < -0.39 is 0 Å². The fourth-order valence-corrected chi connectivity index (χ4v) is 1.91. The summed E-state index contributed by atoms with van der Waals surface area (Å²) < 4.78 is 13.7. The maximum absolute atomic E-state index is 13.2. The molecule has 4 heteroatoms. The average Bonchev–Trinajstić information content (AvgIpc) is 2.19. The molecule has 0 unspecified atom stereocenters. The van der Waals surface area contributed by atoms with E-state index in [0.717, 1.165) is 11.1 Å². The number of fused-ring (bicyclic) bond motifs is 1. The second-order valence-electron chi connectivity index (χ2n) is 2.90. The SMILES string of the molecule is Fc1cc2nc(CBr)ccc2cc1Br. The number of benzene rings is 1. The molecule has 0 fully saturated rings. The summed E-state index contributed by atoms with van der Waals surface area (Å²) in [7, 11) is 0. The normalized spacial score (nSPS) is 10.8. The van der Waals surface area contributed by atoms with Crippen molar-refractivity contribution in [2.45, 2.75) is 5.33 Å². The molecule has 0 saturated heterocycles. The van der Waals surface area contributed by atoms with E-state index in [1.807, 2.05) is 12.1 Å². The molecule has 0 aliphatic carbocycles. The van der Waals surface area contributed by atoms with E-state index >= 15 is 0 Å². The molecule has 0 atom stereocenters. The second kappa shape index (κ2) is 3.95. The van der Waals surface area contributed by atoms with Gasteiger partial charge in [0.1, 0.15) is 5.82 Å². The molecule has 1 nitrogen and oxygen atoms in total. The summed E-state index contributed by atoms with van der Waals surface area (Å²) in [4.78, 5) is 4.29. The zero-order valence-corrected chi connectivity index (χ0v) is 10.3. The van der Waals surface area contributed by atoms with Crippen molar-refractivity contribution in [2.75, 3.05) is 0 Å². The molecule has 0 aliphatic heterocycles. The van der Waals surface area contributed by atoms with Crippen LogP contribution < -0.4 is 0 Å². The topological polar surface area (TPSA) is 12.9 Å². The summed E-state index contributed by atoms with van der Waals surface area (Å²) in [5.41, 5.74) is 1.59. The van der Waals surface area contributed by atoms with E-state index in [9.17, 15) is 4.39 Å². The maximum atomic E-state index is 13.2. The van der Waals surface area contributed by atoms with Crippen molar-refractivity contribution in [3.05, 3.63) is 40.2 Å². The molecule has 0 aliphatic rings. The fraction of sp³-hybridized carbons (Fsp3) is 0.100. The third-order valence-corrected chi connectivity index (χ3v) is 3.11. The Hall–Kier alpha value is -0.480. The zero-order valence-electron chi connectivity index (χ0n) is 7.10. The Labute approximate surface area is 97.6 Å². The van der Waals surface area contributed by atoms with Gasteiger partial charge in [-0.15, -0.1) is 0 Å². The van der Waals surface area contributed by atoms with Crippen LogP contribution in [0.15, 0.2) is 28.7 Å². The lowest BCUT2D eigenvalue weighted by Gasteiger charge is -2.01. The predicted molar refractivity (Wildman–Crippen MR) is 62.0 cm³/mol. The lowest BCUT2D eigenvalue weighted by molar-refractivity contribution is 0.623. The van der Waals surface area contributed by atoms with E-state index in [1.54, 1.807) is 6.07 Å². The summed E-state index contributed by atoms with van der Waals surface area (Å²) >= 11 is 6.45. The predicted octanol–water partition coefficient (Wildman–Crippen LogP) is 4.03. The van der Waals surface area contributed by atoms with E-state index in [2.05, 4.69) is 36.8 Å². The Kier molecular flexibility index (Phi) is 2.83. The van der Waals surface area contributed by atoms with Gasteiger partial charge in [-0.25, -0.2) is 4.39 Å². The molecule has 1 heterocycles. The van der Waals surface area contributed by atoms with Gasteiger partial charge in [0.2, 0.25) is 0 Å². The van der Waals surface area contributed by atoms with Gasteiger partial charge in [-0.1, -0.05) is 22.0 Å².